The molecule has 0 aliphatic carbocycles. The lowest BCUT2D eigenvalue weighted by atomic mass is 10.2. The second-order valence-electron chi connectivity index (χ2n) is 3.81. The number of hydrogen-bond donors (Lipinski definition) is 1. The second-order valence-corrected chi connectivity index (χ2v) is 4.22. The lowest BCUT2D eigenvalue weighted by molar-refractivity contribution is -0.141. The van der Waals surface area contributed by atoms with Crippen molar-refractivity contribution in [3.8, 4) is 11.5 Å². The molecule has 0 aromatic heterocycles. The Hall–Kier alpha value is -1.46. The van der Waals surface area contributed by atoms with E-state index in [2.05, 4.69) is 10.1 Å². The van der Waals surface area contributed by atoms with E-state index in [0.29, 0.717) is 23.1 Å². The first-order valence-electron chi connectivity index (χ1n) is 5.83. The number of carbonyl (C=O) groups excluding carboxylic acids is 1. The molecule has 6 heteroatoms. The molecule has 1 N–H and O–H groups in total. The number of methoxy groups -OCH3 is 2. The molecule has 19 heavy (non-hydrogen) atoms. The molecule has 0 saturated carbocycles. The molecule has 0 fully saturated rings. The predicted molar refractivity (Wildman–Crippen MR) is 72.9 cm³/mol. The summed E-state index contributed by atoms with van der Waals surface area (Å²) in [7, 11) is 4.73. The van der Waals surface area contributed by atoms with Crippen LogP contribution >= 0.6 is 11.6 Å². The fourth-order valence-corrected chi connectivity index (χ4v) is 1.85. The summed E-state index contributed by atoms with van der Waals surface area (Å²) in [5.74, 6) is 0.650. The van der Waals surface area contributed by atoms with Crippen LogP contribution in [0.2, 0.25) is 5.02 Å². The predicted octanol–water partition coefficient (Wildman–Crippen LogP) is 2.01. The summed E-state index contributed by atoms with van der Waals surface area (Å²) >= 11 is 6.15. The minimum atomic E-state index is -0.332. The summed E-state index contributed by atoms with van der Waals surface area (Å²) in [5.41, 5.74) is 0.990. The molecule has 5 nitrogen and oxygen atoms in total. The summed E-state index contributed by atoms with van der Waals surface area (Å²) in [6.45, 7) is 0.868. The van der Waals surface area contributed by atoms with Gasteiger partial charge in [-0.15, -0.1) is 0 Å². The number of hydrogen-bond acceptors (Lipinski definition) is 5. The van der Waals surface area contributed by atoms with E-state index < -0.39 is 0 Å². The van der Waals surface area contributed by atoms with E-state index in [1.54, 1.807) is 13.2 Å². The molecule has 0 atom stereocenters. The molecular formula is C13H18ClNO4. The van der Waals surface area contributed by atoms with Crippen molar-refractivity contribution in [3.05, 3.63) is 22.7 Å². The zero-order valence-electron chi connectivity index (χ0n) is 11.3. The fraction of sp³-hybridized carbons (Fsp3) is 0.462. The third-order valence-electron chi connectivity index (χ3n) is 2.45. The highest BCUT2D eigenvalue weighted by atomic mass is 35.5. The van der Waals surface area contributed by atoms with Gasteiger partial charge in [0.05, 0.1) is 32.3 Å². The molecule has 0 heterocycles. The first kappa shape index (κ1) is 15.6. The van der Waals surface area contributed by atoms with Crippen LogP contribution in [0.4, 0.5) is 0 Å². The summed E-state index contributed by atoms with van der Waals surface area (Å²) in [5, 5.41) is 3.48. The van der Waals surface area contributed by atoms with Crippen molar-refractivity contribution in [2.45, 2.75) is 13.0 Å². The summed E-state index contributed by atoms with van der Waals surface area (Å²) in [4.78, 5) is 11.0. The maximum atomic E-state index is 11.0. The van der Waals surface area contributed by atoms with Crippen LogP contribution in [-0.4, -0.2) is 33.8 Å². The Labute approximate surface area is 117 Å². The number of halogens is 1. The van der Waals surface area contributed by atoms with Gasteiger partial charge in [-0.25, -0.2) is 0 Å². The van der Waals surface area contributed by atoms with Crippen LogP contribution in [0.5, 0.6) is 11.5 Å². The first-order chi connectivity index (χ1) is 9.12. The zero-order chi connectivity index (χ0) is 14.3. The van der Waals surface area contributed by atoms with Gasteiger partial charge in [0.2, 0.25) is 0 Å². The summed E-state index contributed by atoms with van der Waals surface area (Å²) < 4.78 is 15.3. The van der Waals surface area contributed by atoms with Gasteiger partial charge in [-0.2, -0.15) is 0 Å². The van der Waals surface area contributed by atoms with Crippen LogP contribution in [0.3, 0.4) is 0 Å². The Morgan fingerprint density at radius 2 is 2.11 bits per heavy atom. The van der Waals surface area contributed by atoms with Crippen molar-refractivity contribution in [2.24, 2.45) is 0 Å². The van der Waals surface area contributed by atoms with Crippen molar-refractivity contribution in [1.29, 1.82) is 0 Å². The molecule has 0 spiro atoms. The molecule has 1 aromatic carbocycles. The van der Waals surface area contributed by atoms with Gasteiger partial charge in [0.25, 0.3) is 0 Å². The Kier molecular flexibility index (Phi) is 6.45. The van der Waals surface area contributed by atoms with Crippen LogP contribution < -0.4 is 14.8 Å². The van der Waals surface area contributed by atoms with Gasteiger partial charge >= 0.3 is 5.97 Å². The van der Waals surface area contributed by atoms with Gasteiger partial charge in [0.1, 0.15) is 0 Å². The number of rotatable bonds is 7. The zero-order valence-corrected chi connectivity index (χ0v) is 12.0. The van der Waals surface area contributed by atoms with Crippen molar-refractivity contribution in [1.82, 2.24) is 5.32 Å². The summed E-state index contributed by atoms with van der Waals surface area (Å²) in [6, 6.07) is 3.64. The molecule has 0 saturated heterocycles. The Morgan fingerprint density at radius 1 is 1.37 bits per heavy atom. The number of benzene rings is 1. The Balaban J connectivity index is 2.78. The SMILES string of the molecule is CNCc1cc(Cl)c(OCCC(=O)OC)c(OC)c1. The van der Waals surface area contributed by atoms with E-state index >= 15 is 0 Å². The standard InChI is InChI=1S/C13H18ClNO4/c1-15-8-9-6-10(14)13(11(7-9)17-2)19-5-4-12(16)18-3/h6-7,15H,4-5,8H2,1-3H3. The van der Waals surface area contributed by atoms with Gasteiger partial charge in [-0.3, -0.25) is 4.79 Å². The lowest BCUT2D eigenvalue weighted by Crippen LogP contribution is -2.09. The molecule has 0 bridgehead atoms. The van der Waals surface area contributed by atoms with E-state index in [1.807, 2.05) is 13.1 Å². The molecule has 0 unspecified atom stereocenters. The van der Waals surface area contributed by atoms with Gasteiger partial charge in [0, 0.05) is 6.54 Å². The fourth-order valence-electron chi connectivity index (χ4n) is 1.56. The number of nitrogens with one attached hydrogen (secondary N) is 1. The van der Waals surface area contributed by atoms with E-state index in [9.17, 15) is 4.79 Å². The largest absolute Gasteiger partial charge is 0.493 e. The van der Waals surface area contributed by atoms with Gasteiger partial charge in [-0.05, 0) is 24.7 Å². The number of ether oxygens (including phenoxy) is 3. The van der Waals surface area contributed by atoms with Crippen molar-refractivity contribution in [2.75, 3.05) is 27.9 Å². The van der Waals surface area contributed by atoms with E-state index in [0.717, 1.165) is 5.56 Å². The second kappa shape index (κ2) is 7.86. The van der Waals surface area contributed by atoms with Crippen molar-refractivity contribution in [3.63, 3.8) is 0 Å². The molecule has 0 aliphatic heterocycles. The smallest absolute Gasteiger partial charge is 0.308 e. The molecular weight excluding hydrogens is 270 g/mol. The van der Waals surface area contributed by atoms with Gasteiger partial charge in [-0.1, -0.05) is 11.6 Å². The van der Waals surface area contributed by atoms with Crippen LogP contribution in [0.15, 0.2) is 12.1 Å². The quantitative estimate of drug-likeness (QED) is 0.778. The topological polar surface area (TPSA) is 56.8 Å². The average molecular weight is 288 g/mol. The monoisotopic (exact) mass is 287 g/mol. The molecule has 1 aromatic rings. The summed E-state index contributed by atoms with van der Waals surface area (Å²) in [6.07, 6.45) is 0.161. The maximum absolute atomic E-state index is 11.0. The van der Waals surface area contributed by atoms with E-state index in [-0.39, 0.29) is 19.0 Å². The molecule has 0 amide bonds. The Morgan fingerprint density at radius 3 is 2.68 bits per heavy atom. The van der Waals surface area contributed by atoms with E-state index in [4.69, 9.17) is 21.1 Å². The normalized spacial score (nSPS) is 10.1. The molecule has 0 aliphatic rings. The average Bonchev–Trinajstić information content (AvgIpc) is 2.40. The Bertz CT molecular complexity index is 437. The van der Waals surface area contributed by atoms with Gasteiger partial charge in [0.15, 0.2) is 11.5 Å². The minimum absolute atomic E-state index is 0.161. The number of carbonyl (C=O) groups is 1. The van der Waals surface area contributed by atoms with Crippen LogP contribution in [-0.2, 0) is 16.1 Å². The highest BCUT2D eigenvalue weighted by molar-refractivity contribution is 6.32. The maximum Gasteiger partial charge on any atom is 0.308 e. The van der Waals surface area contributed by atoms with Crippen molar-refractivity contribution >= 4 is 17.6 Å². The first-order valence-corrected chi connectivity index (χ1v) is 6.20. The lowest BCUT2D eigenvalue weighted by Gasteiger charge is -2.13. The third-order valence-corrected chi connectivity index (χ3v) is 2.73. The highest BCUT2D eigenvalue weighted by Crippen LogP contribution is 2.36. The van der Waals surface area contributed by atoms with Crippen LogP contribution in [0.25, 0.3) is 0 Å². The van der Waals surface area contributed by atoms with Crippen LogP contribution in [0, 0.1) is 0 Å². The number of esters is 1. The minimum Gasteiger partial charge on any atom is -0.493 e. The third kappa shape index (κ3) is 4.61. The van der Waals surface area contributed by atoms with Crippen LogP contribution in [0.1, 0.15) is 12.0 Å². The van der Waals surface area contributed by atoms with Gasteiger partial charge < -0.3 is 19.5 Å². The highest BCUT2D eigenvalue weighted by Gasteiger charge is 2.12. The molecule has 1 rings (SSSR count). The molecule has 106 valence electrons. The molecule has 0 radical (unpaired) electrons. The van der Waals surface area contributed by atoms with E-state index in [1.165, 1.54) is 7.11 Å². The van der Waals surface area contributed by atoms with Crippen molar-refractivity contribution < 1.29 is 19.0 Å².